The van der Waals surface area contributed by atoms with Crippen molar-refractivity contribution in [3.8, 4) is 11.8 Å². The number of carbonyl (C=O) groups is 2. The predicted octanol–water partition coefficient (Wildman–Crippen LogP) is 3.90. The van der Waals surface area contributed by atoms with Gasteiger partial charge in [-0.1, -0.05) is 49.8 Å². The van der Waals surface area contributed by atoms with Gasteiger partial charge in [-0.2, -0.15) is 0 Å². The quantitative estimate of drug-likeness (QED) is 0.295. The van der Waals surface area contributed by atoms with Gasteiger partial charge in [0.2, 0.25) is 0 Å². The molecule has 136 valence electrons. The number of carbonyl (C=O) groups excluding carboxylic acids is 2. The van der Waals surface area contributed by atoms with Gasteiger partial charge in [0.25, 0.3) is 0 Å². The minimum atomic E-state index is -0.956. The van der Waals surface area contributed by atoms with Crippen molar-refractivity contribution in [2.24, 2.45) is 5.92 Å². The molecule has 0 fully saturated rings. The molecule has 0 amide bonds. The highest BCUT2D eigenvalue weighted by molar-refractivity contribution is 5.95. The summed E-state index contributed by atoms with van der Waals surface area (Å²) in [5, 5.41) is 0. The molecule has 1 aromatic carbocycles. The second-order valence-corrected chi connectivity index (χ2v) is 5.68. The molecule has 25 heavy (non-hydrogen) atoms. The molecule has 0 N–H and O–H groups in total. The molecule has 0 spiro atoms. The monoisotopic (exact) mass is 344 g/mol. The molecule has 0 saturated carbocycles. The molecule has 0 unspecified atom stereocenters. The average molecular weight is 344 g/mol. The minimum absolute atomic E-state index is 0.230. The van der Waals surface area contributed by atoms with Crippen LogP contribution >= 0.6 is 0 Å². The molecule has 0 aliphatic carbocycles. The molecule has 0 heterocycles. The van der Waals surface area contributed by atoms with E-state index in [0.717, 1.165) is 24.0 Å². The van der Waals surface area contributed by atoms with Gasteiger partial charge in [0.05, 0.1) is 13.2 Å². The molecule has 0 aliphatic rings. The van der Waals surface area contributed by atoms with Crippen LogP contribution in [-0.4, -0.2) is 25.2 Å². The Morgan fingerprint density at radius 2 is 1.64 bits per heavy atom. The highest BCUT2D eigenvalue weighted by Crippen LogP contribution is 2.16. The van der Waals surface area contributed by atoms with Gasteiger partial charge in [-0.3, -0.25) is 9.59 Å². The predicted molar refractivity (Wildman–Crippen MR) is 97.9 cm³/mol. The Kier molecular flexibility index (Phi) is 10.1. The van der Waals surface area contributed by atoms with Crippen molar-refractivity contribution in [1.29, 1.82) is 0 Å². The maximum Gasteiger partial charge on any atom is 0.320 e. The van der Waals surface area contributed by atoms with Gasteiger partial charge in [0.1, 0.15) is 0 Å². The van der Waals surface area contributed by atoms with E-state index < -0.39 is 17.9 Å². The molecule has 4 heteroatoms. The van der Waals surface area contributed by atoms with E-state index in [9.17, 15) is 9.59 Å². The van der Waals surface area contributed by atoms with E-state index in [0.29, 0.717) is 0 Å². The maximum atomic E-state index is 12.1. The average Bonchev–Trinajstić information content (AvgIpc) is 2.60. The Bertz CT molecular complexity index is 592. The van der Waals surface area contributed by atoms with Crippen molar-refractivity contribution in [3.05, 3.63) is 35.4 Å². The zero-order chi connectivity index (χ0) is 18.5. The number of rotatable bonds is 9. The number of unbranched alkanes of at least 4 members (excludes halogenated alkanes) is 3. The molecule has 4 nitrogen and oxygen atoms in total. The lowest BCUT2D eigenvalue weighted by atomic mass is 9.95. The molecular weight excluding hydrogens is 316 g/mol. The van der Waals surface area contributed by atoms with Crippen LogP contribution in [0.15, 0.2) is 24.3 Å². The zero-order valence-corrected chi connectivity index (χ0v) is 15.5. The lowest BCUT2D eigenvalue weighted by Crippen LogP contribution is -2.30. The fourth-order valence-electron chi connectivity index (χ4n) is 2.41. The van der Waals surface area contributed by atoms with E-state index in [4.69, 9.17) is 9.47 Å². The maximum absolute atomic E-state index is 12.1. The van der Waals surface area contributed by atoms with Crippen LogP contribution in [0, 0.1) is 17.8 Å². The fourth-order valence-corrected chi connectivity index (χ4v) is 2.41. The summed E-state index contributed by atoms with van der Waals surface area (Å²) < 4.78 is 10.1. The molecule has 0 radical (unpaired) electrons. The van der Waals surface area contributed by atoms with Crippen LogP contribution in [0.25, 0.3) is 0 Å². The van der Waals surface area contributed by atoms with E-state index in [1.807, 2.05) is 24.3 Å². The third-order valence-electron chi connectivity index (χ3n) is 3.71. The van der Waals surface area contributed by atoms with E-state index in [2.05, 4.69) is 18.8 Å². The van der Waals surface area contributed by atoms with Crippen molar-refractivity contribution < 1.29 is 19.1 Å². The van der Waals surface area contributed by atoms with E-state index in [1.165, 1.54) is 12.8 Å². The molecule has 0 aromatic heterocycles. The normalized spacial score (nSPS) is 10.1. The summed E-state index contributed by atoms with van der Waals surface area (Å²) in [6, 6.07) is 7.59. The first-order valence-corrected chi connectivity index (χ1v) is 9.04. The van der Waals surface area contributed by atoms with Crippen LogP contribution in [0.5, 0.6) is 0 Å². The van der Waals surface area contributed by atoms with Crippen LogP contribution < -0.4 is 0 Å². The van der Waals surface area contributed by atoms with Crippen LogP contribution in [0.2, 0.25) is 0 Å². The van der Waals surface area contributed by atoms with Crippen LogP contribution in [0.3, 0.4) is 0 Å². The Balaban J connectivity index is 2.93. The third kappa shape index (κ3) is 7.43. The first kappa shape index (κ1) is 20.8. The summed E-state index contributed by atoms with van der Waals surface area (Å²) in [5.74, 6) is 4.29. The van der Waals surface area contributed by atoms with E-state index in [-0.39, 0.29) is 19.6 Å². The van der Waals surface area contributed by atoms with Crippen LogP contribution in [0.1, 0.15) is 57.6 Å². The second-order valence-electron chi connectivity index (χ2n) is 5.68. The standard InChI is InChI=1S/C21H28O4/c1-4-7-8-9-10-13-17-14-11-12-15-18(17)16-19(20(22)24-5-2)21(23)25-6-3/h11-12,14-15,19H,4-9,16H2,1-3H3. The summed E-state index contributed by atoms with van der Waals surface area (Å²) >= 11 is 0. The van der Waals surface area contributed by atoms with Gasteiger partial charge in [-0.15, -0.1) is 0 Å². The van der Waals surface area contributed by atoms with Crippen molar-refractivity contribution in [2.75, 3.05) is 13.2 Å². The van der Waals surface area contributed by atoms with Gasteiger partial charge in [-0.25, -0.2) is 0 Å². The van der Waals surface area contributed by atoms with Gasteiger partial charge in [0.15, 0.2) is 5.92 Å². The van der Waals surface area contributed by atoms with Crippen molar-refractivity contribution in [1.82, 2.24) is 0 Å². The Labute approximate surface area is 150 Å². The topological polar surface area (TPSA) is 52.6 Å². The number of benzene rings is 1. The SMILES string of the molecule is CCCCCC#Cc1ccccc1CC(C(=O)OCC)C(=O)OCC. The van der Waals surface area contributed by atoms with E-state index in [1.54, 1.807) is 13.8 Å². The number of ether oxygens (including phenoxy) is 2. The highest BCUT2D eigenvalue weighted by Gasteiger charge is 2.30. The van der Waals surface area contributed by atoms with E-state index >= 15 is 0 Å². The summed E-state index contributed by atoms with van der Waals surface area (Å²) in [4.78, 5) is 24.3. The van der Waals surface area contributed by atoms with Crippen molar-refractivity contribution >= 4 is 11.9 Å². The van der Waals surface area contributed by atoms with Crippen molar-refractivity contribution in [2.45, 2.75) is 52.9 Å². The van der Waals surface area contributed by atoms with Crippen molar-refractivity contribution in [3.63, 3.8) is 0 Å². The van der Waals surface area contributed by atoms with Crippen LogP contribution in [0.4, 0.5) is 0 Å². The molecule has 0 atom stereocenters. The number of hydrogen-bond acceptors (Lipinski definition) is 4. The van der Waals surface area contributed by atoms with Gasteiger partial charge in [-0.05, 0) is 38.3 Å². The summed E-state index contributed by atoms with van der Waals surface area (Å²) in [6.07, 6.45) is 4.50. The first-order chi connectivity index (χ1) is 12.1. The highest BCUT2D eigenvalue weighted by atomic mass is 16.6. The molecule has 0 bridgehead atoms. The summed E-state index contributed by atoms with van der Waals surface area (Å²) in [5.41, 5.74) is 1.70. The molecule has 1 rings (SSSR count). The second kappa shape index (κ2) is 12.1. The summed E-state index contributed by atoms with van der Waals surface area (Å²) in [7, 11) is 0. The van der Waals surface area contributed by atoms with Gasteiger partial charge in [0, 0.05) is 12.0 Å². The Hall–Kier alpha value is -2.28. The molecule has 1 aromatic rings. The number of esters is 2. The van der Waals surface area contributed by atoms with Gasteiger partial charge >= 0.3 is 11.9 Å². The lowest BCUT2D eigenvalue weighted by Gasteiger charge is -2.15. The summed E-state index contributed by atoms with van der Waals surface area (Å²) in [6.45, 7) is 6.06. The smallest absolute Gasteiger partial charge is 0.320 e. The zero-order valence-electron chi connectivity index (χ0n) is 15.5. The number of hydrogen-bond donors (Lipinski definition) is 0. The molecule has 0 saturated heterocycles. The van der Waals surface area contributed by atoms with Gasteiger partial charge < -0.3 is 9.47 Å². The first-order valence-electron chi connectivity index (χ1n) is 9.04. The largest absolute Gasteiger partial charge is 0.465 e. The van der Waals surface area contributed by atoms with Crippen LogP contribution in [-0.2, 0) is 25.5 Å². The lowest BCUT2D eigenvalue weighted by molar-refractivity contribution is -0.161. The minimum Gasteiger partial charge on any atom is -0.465 e. The Morgan fingerprint density at radius 3 is 2.24 bits per heavy atom. The molecule has 0 aliphatic heterocycles. The molecular formula is C21H28O4. The fraction of sp³-hybridized carbons (Fsp3) is 0.524. The third-order valence-corrected chi connectivity index (χ3v) is 3.71. The Morgan fingerprint density at radius 1 is 1.00 bits per heavy atom.